The molecule has 3 rings (SSSR count). The van der Waals surface area contributed by atoms with Crippen LogP contribution in [0.5, 0.6) is 5.75 Å². The van der Waals surface area contributed by atoms with Crippen molar-refractivity contribution in [2.45, 2.75) is 26.2 Å². The summed E-state index contributed by atoms with van der Waals surface area (Å²) in [6, 6.07) is 23.1. The number of benzene rings is 3. The van der Waals surface area contributed by atoms with E-state index >= 15 is 0 Å². The highest BCUT2D eigenvalue weighted by atomic mass is 32.1. The molecule has 0 saturated carbocycles. The maximum absolute atomic E-state index is 12.7. The zero-order chi connectivity index (χ0) is 23.5. The van der Waals surface area contributed by atoms with E-state index in [0.717, 1.165) is 19.3 Å². The smallest absolute Gasteiger partial charge is 0.261 e. The van der Waals surface area contributed by atoms with Crippen molar-refractivity contribution in [3.05, 3.63) is 90.0 Å². The number of para-hydroxylation sites is 1. The Morgan fingerprint density at radius 2 is 1.52 bits per heavy atom. The number of hydrogen-bond donors (Lipinski definition) is 3. The van der Waals surface area contributed by atoms with E-state index in [4.69, 9.17) is 17.0 Å². The van der Waals surface area contributed by atoms with Crippen molar-refractivity contribution in [2.75, 3.05) is 17.2 Å². The average molecular weight is 462 g/mol. The number of hydrogen-bond acceptors (Lipinski definition) is 4. The van der Waals surface area contributed by atoms with Gasteiger partial charge in [0, 0.05) is 16.9 Å². The summed E-state index contributed by atoms with van der Waals surface area (Å²) in [5.41, 5.74) is 2.22. The molecule has 0 aliphatic carbocycles. The predicted molar refractivity (Wildman–Crippen MR) is 136 cm³/mol. The lowest BCUT2D eigenvalue weighted by atomic mass is 10.2. The highest BCUT2D eigenvalue weighted by molar-refractivity contribution is 7.80. The summed E-state index contributed by atoms with van der Waals surface area (Å²) in [5.74, 6) is -0.0363. The number of anilines is 2. The summed E-state index contributed by atoms with van der Waals surface area (Å²) >= 11 is 5.31. The second-order valence-corrected chi connectivity index (χ2v) is 7.77. The van der Waals surface area contributed by atoms with Crippen LogP contribution in [0.15, 0.2) is 78.9 Å². The summed E-state index contributed by atoms with van der Waals surface area (Å²) in [6.07, 6.45) is 3.11. The van der Waals surface area contributed by atoms with Crippen molar-refractivity contribution < 1.29 is 14.3 Å². The molecule has 0 bridgehead atoms. The van der Waals surface area contributed by atoms with E-state index in [9.17, 15) is 9.59 Å². The van der Waals surface area contributed by atoms with Crippen molar-refractivity contribution in [1.29, 1.82) is 0 Å². The molecule has 170 valence electrons. The number of carbonyl (C=O) groups excluding carboxylic acids is 2. The molecule has 0 aromatic heterocycles. The number of thiocarbonyl (C=S) groups is 1. The van der Waals surface area contributed by atoms with Crippen LogP contribution in [0.4, 0.5) is 11.4 Å². The van der Waals surface area contributed by atoms with Crippen LogP contribution in [0, 0.1) is 0 Å². The fraction of sp³-hybridized carbons (Fsp3) is 0.192. The normalized spacial score (nSPS) is 10.2. The Bertz CT molecular complexity index is 1100. The first-order valence-electron chi connectivity index (χ1n) is 10.9. The van der Waals surface area contributed by atoms with Gasteiger partial charge in [0.1, 0.15) is 5.75 Å². The Labute approximate surface area is 199 Å². The van der Waals surface area contributed by atoms with E-state index in [-0.39, 0.29) is 16.9 Å². The molecular weight excluding hydrogens is 434 g/mol. The molecule has 0 heterocycles. The molecule has 0 unspecified atom stereocenters. The molecule has 0 spiro atoms. The molecule has 0 fully saturated rings. The minimum Gasteiger partial charge on any atom is -0.493 e. The van der Waals surface area contributed by atoms with Gasteiger partial charge in [0.15, 0.2) is 5.11 Å². The third-order valence-electron chi connectivity index (χ3n) is 4.78. The molecule has 7 heteroatoms. The molecule has 2 amide bonds. The van der Waals surface area contributed by atoms with Gasteiger partial charge in [-0.1, -0.05) is 56.2 Å². The van der Waals surface area contributed by atoms with Crippen LogP contribution >= 0.6 is 12.2 Å². The first-order chi connectivity index (χ1) is 16.1. The first-order valence-corrected chi connectivity index (χ1v) is 11.3. The van der Waals surface area contributed by atoms with E-state index in [0.29, 0.717) is 34.9 Å². The molecule has 0 aliphatic rings. The lowest BCUT2D eigenvalue weighted by Crippen LogP contribution is -2.34. The van der Waals surface area contributed by atoms with Gasteiger partial charge in [0.25, 0.3) is 11.8 Å². The Morgan fingerprint density at radius 3 is 2.27 bits per heavy atom. The Morgan fingerprint density at radius 1 is 0.818 bits per heavy atom. The molecule has 3 aromatic rings. The predicted octanol–water partition coefficient (Wildman–Crippen LogP) is 5.63. The van der Waals surface area contributed by atoms with E-state index < -0.39 is 0 Å². The van der Waals surface area contributed by atoms with Crippen LogP contribution < -0.4 is 20.7 Å². The van der Waals surface area contributed by atoms with Crippen molar-refractivity contribution in [2.24, 2.45) is 0 Å². The van der Waals surface area contributed by atoms with Gasteiger partial charge in [0.2, 0.25) is 0 Å². The number of rotatable bonds is 9. The highest BCUT2D eigenvalue weighted by Gasteiger charge is 2.14. The molecule has 6 nitrogen and oxygen atoms in total. The third-order valence-corrected chi connectivity index (χ3v) is 4.98. The summed E-state index contributed by atoms with van der Waals surface area (Å²) in [4.78, 5) is 25.1. The summed E-state index contributed by atoms with van der Waals surface area (Å²) in [6.45, 7) is 2.69. The van der Waals surface area contributed by atoms with Gasteiger partial charge in [0.05, 0.1) is 12.2 Å². The number of unbranched alkanes of at least 4 members (excludes halogenated alkanes) is 2. The van der Waals surface area contributed by atoms with Gasteiger partial charge in [-0.05, 0) is 61.1 Å². The van der Waals surface area contributed by atoms with E-state index in [1.807, 2.05) is 24.3 Å². The number of carbonyl (C=O) groups is 2. The minimum atomic E-state index is -0.355. The van der Waals surface area contributed by atoms with Crippen LogP contribution in [0.1, 0.15) is 46.9 Å². The van der Waals surface area contributed by atoms with Crippen LogP contribution in [-0.2, 0) is 0 Å². The van der Waals surface area contributed by atoms with Gasteiger partial charge < -0.3 is 15.4 Å². The summed E-state index contributed by atoms with van der Waals surface area (Å²) < 4.78 is 5.78. The monoisotopic (exact) mass is 461 g/mol. The third kappa shape index (κ3) is 7.43. The molecule has 3 N–H and O–H groups in total. The van der Waals surface area contributed by atoms with Crippen molar-refractivity contribution in [3.63, 3.8) is 0 Å². The standard InChI is InChI=1S/C26H27N3O3S/c1-2-3-9-17-32-23-16-8-7-15-22(23)25(31)29-26(33)28-21-14-10-13-20(18-21)27-24(30)19-11-5-4-6-12-19/h4-8,10-16,18H,2-3,9,17H2,1H3,(H,27,30)(H2,28,29,31,33). The largest absolute Gasteiger partial charge is 0.493 e. The van der Waals surface area contributed by atoms with Gasteiger partial charge in [-0.3, -0.25) is 14.9 Å². The van der Waals surface area contributed by atoms with Gasteiger partial charge >= 0.3 is 0 Å². The Kier molecular flexibility index (Phi) is 8.97. The fourth-order valence-electron chi connectivity index (χ4n) is 3.11. The second-order valence-electron chi connectivity index (χ2n) is 7.36. The molecule has 0 atom stereocenters. The number of amides is 2. The van der Waals surface area contributed by atoms with Gasteiger partial charge in [-0.25, -0.2) is 0 Å². The number of nitrogens with one attached hydrogen (secondary N) is 3. The van der Waals surface area contributed by atoms with E-state index in [1.54, 1.807) is 54.6 Å². The molecule has 0 aliphatic heterocycles. The SMILES string of the molecule is CCCCCOc1ccccc1C(=O)NC(=S)Nc1cccc(NC(=O)c2ccccc2)c1. The van der Waals surface area contributed by atoms with Crippen LogP contribution in [0.2, 0.25) is 0 Å². The van der Waals surface area contributed by atoms with Crippen LogP contribution in [0.3, 0.4) is 0 Å². The zero-order valence-electron chi connectivity index (χ0n) is 18.5. The summed E-state index contributed by atoms with van der Waals surface area (Å²) in [7, 11) is 0. The van der Waals surface area contributed by atoms with Crippen molar-refractivity contribution in [1.82, 2.24) is 5.32 Å². The maximum atomic E-state index is 12.7. The average Bonchev–Trinajstić information content (AvgIpc) is 2.82. The van der Waals surface area contributed by atoms with E-state index in [2.05, 4.69) is 22.9 Å². The second kappa shape index (κ2) is 12.4. The minimum absolute atomic E-state index is 0.146. The maximum Gasteiger partial charge on any atom is 0.261 e. The fourth-order valence-corrected chi connectivity index (χ4v) is 3.33. The molecule has 0 radical (unpaired) electrons. The number of ether oxygens (including phenoxy) is 1. The topological polar surface area (TPSA) is 79.5 Å². The lowest BCUT2D eigenvalue weighted by Gasteiger charge is -2.13. The van der Waals surface area contributed by atoms with E-state index in [1.165, 1.54) is 0 Å². The Hall–Kier alpha value is -3.71. The molecule has 3 aromatic carbocycles. The first kappa shape index (κ1) is 23.9. The van der Waals surface area contributed by atoms with Crippen LogP contribution in [0.25, 0.3) is 0 Å². The van der Waals surface area contributed by atoms with Crippen molar-refractivity contribution in [3.8, 4) is 5.75 Å². The van der Waals surface area contributed by atoms with Gasteiger partial charge in [-0.2, -0.15) is 0 Å². The van der Waals surface area contributed by atoms with Crippen LogP contribution in [-0.4, -0.2) is 23.5 Å². The lowest BCUT2D eigenvalue weighted by molar-refractivity contribution is 0.0972. The molecule has 0 saturated heterocycles. The quantitative estimate of drug-likeness (QED) is 0.284. The Balaban J connectivity index is 1.58. The van der Waals surface area contributed by atoms with Gasteiger partial charge in [-0.15, -0.1) is 0 Å². The zero-order valence-corrected chi connectivity index (χ0v) is 19.3. The molecule has 33 heavy (non-hydrogen) atoms. The highest BCUT2D eigenvalue weighted by Crippen LogP contribution is 2.19. The summed E-state index contributed by atoms with van der Waals surface area (Å²) in [5, 5.41) is 8.66. The van der Waals surface area contributed by atoms with Crippen molar-refractivity contribution >= 4 is 40.5 Å². The molecular formula is C26H27N3O3S.